The van der Waals surface area contributed by atoms with Crippen LogP contribution >= 0.6 is 0 Å². The normalized spacial score (nSPS) is 22.4. The first-order valence-electron chi connectivity index (χ1n) is 7.40. The third-order valence-corrected chi connectivity index (χ3v) is 4.17. The molecule has 20 heavy (non-hydrogen) atoms. The minimum atomic E-state index is -0.179. The maximum absolute atomic E-state index is 13.3. The summed E-state index contributed by atoms with van der Waals surface area (Å²) >= 11 is 0. The van der Waals surface area contributed by atoms with Crippen LogP contribution in [0.25, 0.3) is 0 Å². The van der Waals surface area contributed by atoms with E-state index in [-0.39, 0.29) is 5.82 Å². The van der Waals surface area contributed by atoms with E-state index in [4.69, 9.17) is 0 Å². The van der Waals surface area contributed by atoms with Crippen LogP contribution in [-0.2, 0) is 0 Å². The Morgan fingerprint density at radius 1 is 0.900 bits per heavy atom. The minimum absolute atomic E-state index is 0.179. The fourth-order valence-corrected chi connectivity index (χ4v) is 3.20. The van der Waals surface area contributed by atoms with E-state index in [1.807, 2.05) is 6.07 Å². The quantitative estimate of drug-likeness (QED) is 0.830. The van der Waals surface area contributed by atoms with Gasteiger partial charge in [0.15, 0.2) is 0 Å². The summed E-state index contributed by atoms with van der Waals surface area (Å²) in [5, 5.41) is 3.53. The molecule has 1 aliphatic carbocycles. The largest absolute Gasteiger partial charge is 0.382 e. The zero-order chi connectivity index (χ0) is 13.8. The summed E-state index contributed by atoms with van der Waals surface area (Å²) < 4.78 is 13.3. The second-order valence-electron chi connectivity index (χ2n) is 5.56. The third kappa shape index (κ3) is 3.01. The SMILES string of the molecule is Fc1cccc(NC2CCCCC2c2ccccc2)c1. The van der Waals surface area contributed by atoms with Crippen molar-refractivity contribution in [2.45, 2.75) is 37.6 Å². The lowest BCUT2D eigenvalue weighted by Gasteiger charge is -2.33. The van der Waals surface area contributed by atoms with Crippen molar-refractivity contribution in [3.63, 3.8) is 0 Å². The van der Waals surface area contributed by atoms with Gasteiger partial charge < -0.3 is 5.32 Å². The van der Waals surface area contributed by atoms with Crippen molar-refractivity contribution in [3.8, 4) is 0 Å². The van der Waals surface area contributed by atoms with Crippen LogP contribution in [0.3, 0.4) is 0 Å². The molecule has 0 spiro atoms. The van der Waals surface area contributed by atoms with E-state index in [1.165, 1.54) is 30.9 Å². The molecular formula is C18H20FN. The first-order chi connectivity index (χ1) is 9.83. The zero-order valence-corrected chi connectivity index (χ0v) is 11.6. The smallest absolute Gasteiger partial charge is 0.125 e. The average molecular weight is 269 g/mol. The highest BCUT2D eigenvalue weighted by atomic mass is 19.1. The summed E-state index contributed by atoms with van der Waals surface area (Å²) in [4.78, 5) is 0. The van der Waals surface area contributed by atoms with Crippen LogP contribution in [0.4, 0.5) is 10.1 Å². The topological polar surface area (TPSA) is 12.0 Å². The van der Waals surface area contributed by atoms with Crippen LogP contribution < -0.4 is 5.32 Å². The Kier molecular flexibility index (Phi) is 4.00. The molecule has 0 aromatic heterocycles. The molecule has 2 aromatic rings. The second kappa shape index (κ2) is 6.08. The van der Waals surface area contributed by atoms with Gasteiger partial charge in [0.2, 0.25) is 0 Å². The number of anilines is 1. The van der Waals surface area contributed by atoms with Gasteiger partial charge in [-0.3, -0.25) is 0 Å². The van der Waals surface area contributed by atoms with E-state index in [2.05, 4.69) is 35.6 Å². The molecule has 104 valence electrons. The van der Waals surface area contributed by atoms with Gasteiger partial charge in [-0.05, 0) is 36.6 Å². The summed E-state index contributed by atoms with van der Waals surface area (Å²) in [6.45, 7) is 0. The molecule has 0 radical (unpaired) electrons. The first-order valence-corrected chi connectivity index (χ1v) is 7.40. The third-order valence-electron chi connectivity index (χ3n) is 4.17. The Morgan fingerprint density at radius 3 is 2.50 bits per heavy atom. The second-order valence-corrected chi connectivity index (χ2v) is 5.56. The van der Waals surface area contributed by atoms with Gasteiger partial charge in [0.05, 0.1) is 0 Å². The van der Waals surface area contributed by atoms with Gasteiger partial charge >= 0.3 is 0 Å². The molecule has 0 bridgehead atoms. The number of rotatable bonds is 3. The Bertz CT molecular complexity index is 552. The maximum Gasteiger partial charge on any atom is 0.125 e. The van der Waals surface area contributed by atoms with Gasteiger partial charge in [-0.15, -0.1) is 0 Å². The standard InChI is InChI=1S/C18H20FN/c19-15-9-6-10-16(13-15)20-18-12-5-4-11-17(18)14-7-2-1-3-8-14/h1-3,6-10,13,17-18,20H,4-5,11-12H2. The van der Waals surface area contributed by atoms with E-state index in [0.717, 1.165) is 12.1 Å². The fraction of sp³-hybridized carbons (Fsp3) is 0.333. The van der Waals surface area contributed by atoms with Crippen molar-refractivity contribution < 1.29 is 4.39 Å². The lowest BCUT2D eigenvalue weighted by molar-refractivity contribution is 0.405. The molecule has 1 nitrogen and oxygen atoms in total. The minimum Gasteiger partial charge on any atom is -0.382 e. The highest BCUT2D eigenvalue weighted by molar-refractivity contribution is 5.45. The predicted molar refractivity (Wildman–Crippen MR) is 81.5 cm³/mol. The van der Waals surface area contributed by atoms with E-state index in [9.17, 15) is 4.39 Å². The molecule has 2 unspecified atom stereocenters. The van der Waals surface area contributed by atoms with Crippen LogP contribution in [0.15, 0.2) is 54.6 Å². The molecule has 0 heterocycles. The van der Waals surface area contributed by atoms with Gasteiger partial charge in [0.1, 0.15) is 5.82 Å². The summed E-state index contributed by atoms with van der Waals surface area (Å²) in [6, 6.07) is 17.8. The van der Waals surface area contributed by atoms with Crippen molar-refractivity contribution in [1.82, 2.24) is 0 Å². The molecule has 3 rings (SSSR count). The summed E-state index contributed by atoms with van der Waals surface area (Å²) in [6.07, 6.45) is 4.88. The van der Waals surface area contributed by atoms with Crippen molar-refractivity contribution in [2.75, 3.05) is 5.32 Å². The molecule has 2 atom stereocenters. The fourth-order valence-electron chi connectivity index (χ4n) is 3.20. The molecule has 0 saturated heterocycles. The summed E-state index contributed by atoms with van der Waals surface area (Å²) in [5.74, 6) is 0.343. The molecule has 0 aliphatic heterocycles. The van der Waals surface area contributed by atoms with Gasteiger partial charge in [-0.2, -0.15) is 0 Å². The Balaban J connectivity index is 1.79. The number of benzene rings is 2. The zero-order valence-electron chi connectivity index (χ0n) is 11.6. The lowest BCUT2D eigenvalue weighted by Crippen LogP contribution is -2.30. The number of halogens is 1. The van der Waals surface area contributed by atoms with Crippen molar-refractivity contribution in [1.29, 1.82) is 0 Å². The number of hydrogen-bond donors (Lipinski definition) is 1. The average Bonchev–Trinajstić information content (AvgIpc) is 2.49. The van der Waals surface area contributed by atoms with Crippen LogP contribution in [0, 0.1) is 5.82 Å². The van der Waals surface area contributed by atoms with Crippen LogP contribution in [0.2, 0.25) is 0 Å². The molecule has 1 fully saturated rings. The van der Waals surface area contributed by atoms with Gasteiger partial charge in [-0.1, -0.05) is 49.2 Å². The van der Waals surface area contributed by atoms with E-state index < -0.39 is 0 Å². The van der Waals surface area contributed by atoms with Crippen LogP contribution in [-0.4, -0.2) is 6.04 Å². The van der Waals surface area contributed by atoms with Crippen LogP contribution in [0.5, 0.6) is 0 Å². The summed E-state index contributed by atoms with van der Waals surface area (Å²) in [5.41, 5.74) is 2.28. The Labute approximate surface area is 119 Å². The lowest BCUT2D eigenvalue weighted by atomic mass is 9.80. The van der Waals surface area contributed by atoms with E-state index >= 15 is 0 Å². The van der Waals surface area contributed by atoms with Crippen molar-refractivity contribution in [2.24, 2.45) is 0 Å². The highest BCUT2D eigenvalue weighted by Crippen LogP contribution is 2.34. The first kappa shape index (κ1) is 13.2. The van der Waals surface area contributed by atoms with Crippen LogP contribution in [0.1, 0.15) is 37.2 Å². The van der Waals surface area contributed by atoms with Crippen molar-refractivity contribution >= 4 is 5.69 Å². The molecular weight excluding hydrogens is 249 g/mol. The Hall–Kier alpha value is -1.83. The van der Waals surface area contributed by atoms with E-state index in [0.29, 0.717) is 12.0 Å². The monoisotopic (exact) mass is 269 g/mol. The molecule has 0 amide bonds. The summed E-state index contributed by atoms with van der Waals surface area (Å²) in [7, 11) is 0. The van der Waals surface area contributed by atoms with Gasteiger partial charge in [0.25, 0.3) is 0 Å². The number of hydrogen-bond acceptors (Lipinski definition) is 1. The Morgan fingerprint density at radius 2 is 1.70 bits per heavy atom. The highest BCUT2D eigenvalue weighted by Gasteiger charge is 2.26. The maximum atomic E-state index is 13.3. The van der Waals surface area contributed by atoms with Crippen molar-refractivity contribution in [3.05, 3.63) is 66.0 Å². The number of nitrogens with one attached hydrogen (secondary N) is 1. The molecule has 1 N–H and O–H groups in total. The van der Waals surface area contributed by atoms with Gasteiger partial charge in [0, 0.05) is 17.6 Å². The predicted octanol–water partition coefficient (Wildman–Crippen LogP) is 4.96. The van der Waals surface area contributed by atoms with Gasteiger partial charge in [-0.25, -0.2) is 4.39 Å². The molecule has 1 saturated carbocycles. The van der Waals surface area contributed by atoms with E-state index in [1.54, 1.807) is 12.1 Å². The molecule has 2 heteroatoms. The molecule has 2 aromatic carbocycles. The molecule has 1 aliphatic rings.